The molecule has 0 radical (unpaired) electrons. The molecule has 0 N–H and O–H groups in total. The average molecular weight is 553 g/mol. The summed E-state index contributed by atoms with van der Waals surface area (Å²) in [5, 5.41) is 2.74. The van der Waals surface area contributed by atoms with Gasteiger partial charge in [-0.3, -0.25) is 0 Å². The lowest BCUT2D eigenvalue weighted by atomic mass is 9.75. The lowest BCUT2D eigenvalue weighted by Gasteiger charge is -2.51. The fraction of sp³-hybridized carbons (Fsp3) is 0.576. The average Bonchev–Trinajstić information content (AvgIpc) is 2.83. The highest BCUT2D eigenvalue weighted by molar-refractivity contribution is 6.99. The van der Waals surface area contributed by atoms with E-state index in [1.807, 2.05) is 6.08 Å². The monoisotopic (exact) mass is 552 g/mol. The molecule has 3 nitrogen and oxygen atoms in total. The summed E-state index contributed by atoms with van der Waals surface area (Å²) in [6.45, 7) is 28.0. The van der Waals surface area contributed by atoms with Gasteiger partial charge in [0.05, 0.1) is 18.3 Å². The minimum atomic E-state index is -2.59. The zero-order valence-corrected chi connectivity index (χ0v) is 27.6. The SMILES string of the molecule is C=C[C@@H]1C[C@@H](O[Si](C)(C)C(C)(C)C)C(C)(C)[C@@H](CCO[Si](c2ccccc2)(c2ccccc2)C(C)(C)C)O1. The molecule has 1 heterocycles. The number of benzene rings is 2. The van der Waals surface area contributed by atoms with Crippen LogP contribution in [0.25, 0.3) is 0 Å². The zero-order chi connectivity index (χ0) is 28.4. The Morgan fingerprint density at radius 3 is 1.82 bits per heavy atom. The Balaban J connectivity index is 1.91. The van der Waals surface area contributed by atoms with Crippen molar-refractivity contribution in [3.8, 4) is 0 Å². The van der Waals surface area contributed by atoms with Gasteiger partial charge in [-0.1, -0.05) is 122 Å². The highest BCUT2D eigenvalue weighted by Gasteiger charge is 2.52. The molecule has 0 bridgehead atoms. The highest BCUT2D eigenvalue weighted by atomic mass is 28.4. The van der Waals surface area contributed by atoms with Gasteiger partial charge < -0.3 is 13.6 Å². The molecule has 3 atom stereocenters. The van der Waals surface area contributed by atoms with Crippen molar-refractivity contribution in [2.45, 2.75) is 110 Å². The van der Waals surface area contributed by atoms with Crippen molar-refractivity contribution < 1.29 is 13.6 Å². The third-order valence-corrected chi connectivity index (χ3v) is 18.6. The van der Waals surface area contributed by atoms with Gasteiger partial charge in [0.25, 0.3) is 8.32 Å². The van der Waals surface area contributed by atoms with E-state index in [0.29, 0.717) is 6.61 Å². The molecule has 5 heteroatoms. The Hall–Kier alpha value is -1.51. The van der Waals surface area contributed by atoms with Gasteiger partial charge in [0.15, 0.2) is 8.32 Å². The summed E-state index contributed by atoms with van der Waals surface area (Å²) in [5.74, 6) is 0. The van der Waals surface area contributed by atoms with E-state index >= 15 is 0 Å². The minimum absolute atomic E-state index is 0.00402. The molecular weight excluding hydrogens is 501 g/mol. The van der Waals surface area contributed by atoms with Crippen molar-refractivity contribution >= 4 is 27.0 Å². The van der Waals surface area contributed by atoms with Gasteiger partial charge in [-0.15, -0.1) is 6.58 Å². The largest absolute Gasteiger partial charge is 0.413 e. The standard InChI is InChI=1S/C33H52O3Si2/c1-12-26-25-30(36-37(10,11)31(2,3)4)33(8,9)29(35-26)23-24-34-38(32(5,6)7,27-19-15-13-16-20-27)28-21-17-14-18-22-28/h12-22,26,29-30H,1,23-25H2,2-11H3/t26-,29-,30-/m1/s1. The van der Waals surface area contributed by atoms with E-state index in [1.54, 1.807) is 0 Å². The van der Waals surface area contributed by atoms with Crippen LogP contribution in [0.2, 0.25) is 23.2 Å². The van der Waals surface area contributed by atoms with E-state index in [4.69, 9.17) is 13.6 Å². The number of hydrogen-bond donors (Lipinski definition) is 0. The smallest absolute Gasteiger partial charge is 0.261 e. The summed E-state index contributed by atoms with van der Waals surface area (Å²) in [5.41, 5.74) is -0.135. The van der Waals surface area contributed by atoms with Crippen molar-refractivity contribution in [3.05, 3.63) is 73.3 Å². The molecule has 2 aromatic rings. The van der Waals surface area contributed by atoms with Gasteiger partial charge in [0.2, 0.25) is 0 Å². The number of hydrogen-bond acceptors (Lipinski definition) is 3. The number of rotatable bonds is 9. The van der Waals surface area contributed by atoms with E-state index in [1.165, 1.54) is 10.4 Å². The molecule has 3 rings (SSSR count). The molecule has 0 unspecified atom stereocenters. The Morgan fingerprint density at radius 2 is 1.39 bits per heavy atom. The van der Waals surface area contributed by atoms with Crippen LogP contribution in [0.1, 0.15) is 68.2 Å². The zero-order valence-electron chi connectivity index (χ0n) is 25.6. The maximum atomic E-state index is 7.22. The van der Waals surface area contributed by atoms with Gasteiger partial charge in [-0.25, -0.2) is 0 Å². The third kappa shape index (κ3) is 6.28. The molecule has 210 valence electrons. The van der Waals surface area contributed by atoms with Gasteiger partial charge in [-0.2, -0.15) is 0 Å². The first-order chi connectivity index (χ1) is 17.6. The first kappa shape index (κ1) is 31.0. The summed E-state index contributed by atoms with van der Waals surface area (Å²) >= 11 is 0. The fourth-order valence-electron chi connectivity index (χ4n) is 5.57. The van der Waals surface area contributed by atoms with Crippen molar-refractivity contribution in [1.82, 2.24) is 0 Å². The topological polar surface area (TPSA) is 27.7 Å². The molecular formula is C33H52O3Si2. The van der Waals surface area contributed by atoms with E-state index in [9.17, 15) is 0 Å². The lowest BCUT2D eigenvalue weighted by molar-refractivity contribution is -0.159. The van der Waals surface area contributed by atoms with Gasteiger partial charge in [0.1, 0.15) is 0 Å². The Morgan fingerprint density at radius 1 is 0.895 bits per heavy atom. The van der Waals surface area contributed by atoms with Crippen molar-refractivity contribution in [3.63, 3.8) is 0 Å². The molecule has 0 saturated carbocycles. The van der Waals surface area contributed by atoms with Crippen molar-refractivity contribution in [2.24, 2.45) is 5.41 Å². The predicted molar refractivity (Wildman–Crippen MR) is 168 cm³/mol. The van der Waals surface area contributed by atoms with Gasteiger partial charge in [0, 0.05) is 18.4 Å². The van der Waals surface area contributed by atoms with Crippen molar-refractivity contribution in [2.75, 3.05) is 6.61 Å². The Bertz CT molecular complexity index is 996. The summed E-state index contributed by atoms with van der Waals surface area (Å²) in [7, 11) is -4.53. The number of ether oxygens (including phenoxy) is 1. The maximum Gasteiger partial charge on any atom is 0.261 e. The van der Waals surface area contributed by atoms with Crippen LogP contribution in [0.5, 0.6) is 0 Å². The predicted octanol–water partition coefficient (Wildman–Crippen LogP) is 7.71. The summed E-state index contributed by atoms with van der Waals surface area (Å²) in [6, 6.07) is 21.7. The molecule has 0 aliphatic carbocycles. The molecule has 1 fully saturated rings. The molecule has 38 heavy (non-hydrogen) atoms. The first-order valence-electron chi connectivity index (χ1n) is 14.3. The van der Waals surface area contributed by atoms with Gasteiger partial charge in [-0.05, 0) is 40.0 Å². The summed E-state index contributed by atoms with van der Waals surface area (Å²) in [6.07, 6.45) is 3.77. The van der Waals surface area contributed by atoms with Crippen LogP contribution in [-0.2, 0) is 13.6 Å². The Kier molecular flexibility index (Phi) is 9.42. The normalized spacial score (nSPS) is 22.7. The second-order valence-electron chi connectivity index (χ2n) is 14.1. The van der Waals surface area contributed by atoms with Gasteiger partial charge >= 0.3 is 0 Å². The second kappa shape index (κ2) is 11.5. The van der Waals surface area contributed by atoms with Crippen LogP contribution in [0.3, 0.4) is 0 Å². The van der Waals surface area contributed by atoms with Crippen LogP contribution in [0.15, 0.2) is 73.3 Å². The minimum Gasteiger partial charge on any atom is -0.413 e. The highest BCUT2D eigenvalue weighted by Crippen LogP contribution is 2.46. The molecule has 1 saturated heterocycles. The first-order valence-corrected chi connectivity index (χ1v) is 19.1. The lowest BCUT2D eigenvalue weighted by Crippen LogP contribution is -2.66. The maximum absolute atomic E-state index is 7.22. The Labute approximate surface area is 235 Å². The van der Waals surface area contributed by atoms with E-state index < -0.39 is 16.6 Å². The van der Waals surface area contributed by atoms with Crippen LogP contribution in [0.4, 0.5) is 0 Å². The summed E-state index contributed by atoms with van der Waals surface area (Å²) in [4.78, 5) is 0. The second-order valence-corrected chi connectivity index (χ2v) is 23.2. The molecule has 2 aromatic carbocycles. The summed E-state index contributed by atoms with van der Waals surface area (Å²) < 4.78 is 20.9. The molecule has 1 aliphatic heterocycles. The molecule has 0 aromatic heterocycles. The molecule has 0 amide bonds. The quantitative estimate of drug-likeness (QED) is 0.235. The molecule has 1 aliphatic rings. The third-order valence-electron chi connectivity index (χ3n) is 9.07. The fourth-order valence-corrected chi connectivity index (χ4v) is 11.6. The van der Waals surface area contributed by atoms with E-state index in [2.05, 4.69) is 136 Å². The van der Waals surface area contributed by atoms with Crippen LogP contribution in [-0.4, -0.2) is 41.6 Å². The van der Waals surface area contributed by atoms with Crippen LogP contribution >= 0.6 is 0 Å². The van der Waals surface area contributed by atoms with E-state index in [0.717, 1.165) is 12.8 Å². The molecule has 0 spiro atoms. The van der Waals surface area contributed by atoms with Crippen LogP contribution < -0.4 is 10.4 Å². The van der Waals surface area contributed by atoms with Crippen LogP contribution in [0, 0.1) is 5.41 Å². The van der Waals surface area contributed by atoms with Crippen molar-refractivity contribution in [1.29, 1.82) is 0 Å². The van der Waals surface area contributed by atoms with E-state index in [-0.39, 0.29) is 33.8 Å².